The van der Waals surface area contributed by atoms with Crippen molar-refractivity contribution in [2.24, 2.45) is 5.92 Å². The highest BCUT2D eigenvalue weighted by Crippen LogP contribution is 2.01. The van der Waals surface area contributed by atoms with E-state index in [0.29, 0.717) is 12.3 Å². The van der Waals surface area contributed by atoms with Crippen LogP contribution in [0.3, 0.4) is 0 Å². The molecule has 0 aromatic carbocycles. The van der Waals surface area contributed by atoms with Gasteiger partial charge >= 0.3 is 5.97 Å². The third-order valence-electron chi connectivity index (χ3n) is 1.19. The standard InChI is InChI=1S/C9H14O2/c1-7(2)5-4-6-8(3)9(10)11/h4-5,7H,3,6H2,1-2H3,(H,10,11)/b5-4+. The highest BCUT2D eigenvalue weighted by molar-refractivity contribution is 5.85. The maximum absolute atomic E-state index is 10.2. The van der Waals surface area contributed by atoms with E-state index < -0.39 is 5.97 Å². The molecule has 0 heterocycles. The molecule has 62 valence electrons. The molecule has 0 radical (unpaired) electrons. The van der Waals surface area contributed by atoms with E-state index in [1.165, 1.54) is 0 Å². The second kappa shape index (κ2) is 4.72. The molecule has 0 aliphatic carbocycles. The summed E-state index contributed by atoms with van der Waals surface area (Å²) in [6, 6.07) is 0. The van der Waals surface area contributed by atoms with Crippen molar-refractivity contribution in [3.05, 3.63) is 24.3 Å². The van der Waals surface area contributed by atoms with Gasteiger partial charge in [-0.15, -0.1) is 0 Å². The summed E-state index contributed by atoms with van der Waals surface area (Å²) in [7, 11) is 0. The van der Waals surface area contributed by atoms with Gasteiger partial charge in [-0.05, 0) is 12.3 Å². The highest BCUT2D eigenvalue weighted by Gasteiger charge is 1.99. The Labute approximate surface area is 67.2 Å². The quantitative estimate of drug-likeness (QED) is 0.498. The van der Waals surface area contributed by atoms with Crippen LogP contribution in [0.1, 0.15) is 20.3 Å². The Hall–Kier alpha value is -1.05. The van der Waals surface area contributed by atoms with Gasteiger partial charge in [-0.25, -0.2) is 4.79 Å². The van der Waals surface area contributed by atoms with Crippen molar-refractivity contribution < 1.29 is 9.90 Å². The van der Waals surface area contributed by atoms with E-state index in [4.69, 9.17) is 5.11 Å². The van der Waals surface area contributed by atoms with E-state index in [9.17, 15) is 4.79 Å². The lowest BCUT2D eigenvalue weighted by Gasteiger charge is -1.94. The van der Waals surface area contributed by atoms with Gasteiger partial charge in [-0.3, -0.25) is 0 Å². The van der Waals surface area contributed by atoms with Gasteiger partial charge in [-0.2, -0.15) is 0 Å². The molecular weight excluding hydrogens is 140 g/mol. The fourth-order valence-corrected chi connectivity index (χ4v) is 0.570. The molecule has 0 saturated heterocycles. The van der Waals surface area contributed by atoms with Crippen LogP contribution in [0, 0.1) is 5.92 Å². The summed E-state index contributed by atoms with van der Waals surface area (Å²) in [5.41, 5.74) is 0.238. The van der Waals surface area contributed by atoms with Gasteiger partial charge < -0.3 is 5.11 Å². The Morgan fingerprint density at radius 3 is 2.55 bits per heavy atom. The fourth-order valence-electron chi connectivity index (χ4n) is 0.570. The summed E-state index contributed by atoms with van der Waals surface area (Å²) < 4.78 is 0. The maximum atomic E-state index is 10.2. The van der Waals surface area contributed by atoms with Crippen molar-refractivity contribution in [2.75, 3.05) is 0 Å². The molecule has 0 atom stereocenters. The first-order valence-electron chi connectivity index (χ1n) is 3.61. The first-order chi connectivity index (χ1) is 5.04. The van der Waals surface area contributed by atoms with Crippen LogP contribution in [0.4, 0.5) is 0 Å². The van der Waals surface area contributed by atoms with Crippen LogP contribution in [0.2, 0.25) is 0 Å². The first kappa shape index (κ1) is 9.95. The van der Waals surface area contributed by atoms with Crippen molar-refractivity contribution in [1.82, 2.24) is 0 Å². The molecule has 0 spiro atoms. The highest BCUT2D eigenvalue weighted by atomic mass is 16.4. The van der Waals surface area contributed by atoms with E-state index >= 15 is 0 Å². The number of rotatable bonds is 4. The molecule has 11 heavy (non-hydrogen) atoms. The van der Waals surface area contributed by atoms with Crippen molar-refractivity contribution in [1.29, 1.82) is 0 Å². The smallest absolute Gasteiger partial charge is 0.331 e. The summed E-state index contributed by atoms with van der Waals surface area (Å²) >= 11 is 0. The maximum Gasteiger partial charge on any atom is 0.331 e. The minimum atomic E-state index is -0.918. The van der Waals surface area contributed by atoms with Gasteiger partial charge in [0, 0.05) is 5.57 Å². The zero-order valence-electron chi connectivity index (χ0n) is 7.00. The van der Waals surface area contributed by atoms with Gasteiger partial charge in [-0.1, -0.05) is 32.6 Å². The monoisotopic (exact) mass is 154 g/mol. The molecule has 0 amide bonds. The summed E-state index contributed by atoms with van der Waals surface area (Å²) in [4.78, 5) is 10.2. The van der Waals surface area contributed by atoms with Crippen LogP contribution in [-0.4, -0.2) is 11.1 Å². The van der Waals surface area contributed by atoms with Crippen LogP contribution in [0.15, 0.2) is 24.3 Å². The SMILES string of the molecule is C=C(C/C=C/C(C)C)C(=O)O. The topological polar surface area (TPSA) is 37.3 Å². The van der Waals surface area contributed by atoms with Crippen molar-refractivity contribution in [2.45, 2.75) is 20.3 Å². The number of allylic oxidation sites excluding steroid dienone is 2. The second-order valence-corrected chi connectivity index (χ2v) is 2.78. The molecule has 0 aliphatic heterocycles. The van der Waals surface area contributed by atoms with Crippen LogP contribution in [-0.2, 0) is 4.79 Å². The Bertz CT molecular complexity index is 178. The molecule has 2 nitrogen and oxygen atoms in total. The molecule has 0 fully saturated rings. The molecule has 0 aromatic heterocycles. The van der Waals surface area contributed by atoms with Crippen molar-refractivity contribution in [3.63, 3.8) is 0 Å². The first-order valence-corrected chi connectivity index (χ1v) is 3.61. The largest absolute Gasteiger partial charge is 0.478 e. The molecule has 0 saturated carbocycles. The van der Waals surface area contributed by atoms with Gasteiger partial charge in [0.2, 0.25) is 0 Å². The summed E-state index contributed by atoms with van der Waals surface area (Å²) in [6.45, 7) is 7.48. The molecule has 0 rings (SSSR count). The molecular formula is C9H14O2. The van der Waals surface area contributed by atoms with Crippen molar-refractivity contribution >= 4 is 5.97 Å². The molecule has 2 heteroatoms. The second-order valence-electron chi connectivity index (χ2n) is 2.78. The minimum Gasteiger partial charge on any atom is -0.478 e. The van der Waals surface area contributed by atoms with E-state index in [-0.39, 0.29) is 5.57 Å². The van der Waals surface area contributed by atoms with Gasteiger partial charge in [0.05, 0.1) is 0 Å². The molecule has 0 unspecified atom stereocenters. The molecule has 0 bridgehead atoms. The van der Waals surface area contributed by atoms with Crippen molar-refractivity contribution in [3.8, 4) is 0 Å². The number of carboxylic acids is 1. The fraction of sp³-hybridized carbons (Fsp3) is 0.444. The normalized spacial score (nSPS) is 10.8. The Kier molecular flexibility index (Phi) is 4.27. The average Bonchev–Trinajstić information content (AvgIpc) is 1.86. The van der Waals surface area contributed by atoms with E-state index in [0.717, 1.165) is 0 Å². The number of hydrogen-bond acceptors (Lipinski definition) is 1. The Balaban J connectivity index is 3.71. The number of aliphatic carboxylic acids is 1. The van der Waals surface area contributed by atoms with E-state index in [2.05, 4.69) is 6.58 Å². The average molecular weight is 154 g/mol. The third kappa shape index (κ3) is 5.40. The van der Waals surface area contributed by atoms with Gasteiger partial charge in [0.1, 0.15) is 0 Å². The van der Waals surface area contributed by atoms with Crippen LogP contribution >= 0.6 is 0 Å². The number of carboxylic acid groups (broad SMARTS) is 1. The third-order valence-corrected chi connectivity index (χ3v) is 1.19. The Morgan fingerprint density at radius 1 is 1.64 bits per heavy atom. The predicted molar refractivity (Wildman–Crippen MR) is 45.4 cm³/mol. The summed E-state index contributed by atoms with van der Waals surface area (Å²) in [5, 5.41) is 8.41. The van der Waals surface area contributed by atoms with E-state index in [1.54, 1.807) is 0 Å². The lowest BCUT2D eigenvalue weighted by atomic mass is 10.1. The number of carbonyl (C=O) groups is 1. The van der Waals surface area contributed by atoms with Gasteiger partial charge in [0.15, 0.2) is 0 Å². The minimum absolute atomic E-state index is 0.238. The lowest BCUT2D eigenvalue weighted by molar-refractivity contribution is -0.132. The lowest BCUT2D eigenvalue weighted by Crippen LogP contribution is -1.97. The predicted octanol–water partition coefficient (Wildman–Crippen LogP) is 2.23. The summed E-state index contributed by atoms with van der Waals surface area (Å²) in [6.07, 6.45) is 4.24. The molecule has 0 aliphatic rings. The Morgan fingerprint density at radius 2 is 2.18 bits per heavy atom. The summed E-state index contributed by atoms with van der Waals surface area (Å²) in [5.74, 6) is -0.449. The zero-order valence-corrected chi connectivity index (χ0v) is 7.00. The number of hydrogen-bond donors (Lipinski definition) is 1. The van der Waals surface area contributed by atoms with Crippen LogP contribution in [0.25, 0.3) is 0 Å². The van der Waals surface area contributed by atoms with E-state index in [1.807, 2.05) is 26.0 Å². The van der Waals surface area contributed by atoms with Crippen LogP contribution < -0.4 is 0 Å². The molecule has 0 aromatic rings. The van der Waals surface area contributed by atoms with Gasteiger partial charge in [0.25, 0.3) is 0 Å². The molecule has 1 N–H and O–H groups in total. The zero-order chi connectivity index (χ0) is 8.85. The van der Waals surface area contributed by atoms with Crippen LogP contribution in [0.5, 0.6) is 0 Å².